The highest BCUT2D eigenvalue weighted by Crippen LogP contribution is 2.25. The second-order valence-corrected chi connectivity index (χ2v) is 3.33. The van der Waals surface area contributed by atoms with E-state index in [1.165, 1.54) is 0 Å². The molecule has 0 radical (unpaired) electrons. The molecule has 0 bridgehead atoms. The molecular weight excluding hydrogens is 224 g/mol. The maximum atomic E-state index is 12.5. The van der Waals surface area contributed by atoms with Crippen LogP contribution in [-0.4, -0.2) is 18.1 Å². The topological polar surface area (TPSA) is 17.1 Å². The van der Waals surface area contributed by atoms with Gasteiger partial charge in [-0.25, -0.2) is 8.78 Å². The number of rotatable bonds is 5. The number of hydrogen-bond acceptors (Lipinski definition) is 1. The van der Waals surface area contributed by atoms with Crippen molar-refractivity contribution < 1.29 is 22.4 Å². The van der Waals surface area contributed by atoms with Crippen molar-refractivity contribution in [1.29, 1.82) is 0 Å². The van der Waals surface area contributed by atoms with Crippen LogP contribution in [-0.2, 0) is 11.2 Å². The van der Waals surface area contributed by atoms with Gasteiger partial charge in [0.05, 0.1) is 0 Å². The lowest BCUT2D eigenvalue weighted by atomic mass is 10.0. The van der Waals surface area contributed by atoms with E-state index in [9.17, 15) is 22.4 Å². The van der Waals surface area contributed by atoms with Crippen molar-refractivity contribution in [2.75, 3.05) is 0 Å². The second-order valence-electron chi connectivity index (χ2n) is 3.33. The minimum atomic E-state index is -4.53. The lowest BCUT2D eigenvalue weighted by Gasteiger charge is -2.13. The number of halogens is 4. The summed E-state index contributed by atoms with van der Waals surface area (Å²) in [4.78, 5) is 10.8. The Kier molecular flexibility index (Phi) is 4.04. The zero-order valence-corrected chi connectivity index (χ0v) is 8.30. The molecule has 5 heteroatoms. The average Bonchev–Trinajstić information content (AvgIpc) is 2.27. The maximum absolute atomic E-state index is 12.5. The molecule has 0 aromatic heterocycles. The zero-order valence-electron chi connectivity index (χ0n) is 8.30. The first-order valence-corrected chi connectivity index (χ1v) is 4.67. The quantitative estimate of drug-likeness (QED) is 0.715. The average molecular weight is 234 g/mol. The van der Waals surface area contributed by atoms with Gasteiger partial charge in [-0.1, -0.05) is 30.3 Å². The summed E-state index contributed by atoms with van der Waals surface area (Å²) in [7, 11) is 0. The number of hydrogen-bond donors (Lipinski definition) is 0. The number of alkyl halides is 4. The summed E-state index contributed by atoms with van der Waals surface area (Å²) in [6.07, 6.45) is -4.47. The Morgan fingerprint density at radius 3 is 2.25 bits per heavy atom. The third-order valence-corrected chi connectivity index (χ3v) is 2.13. The highest BCUT2D eigenvalue weighted by Gasteiger charge is 2.47. The van der Waals surface area contributed by atoms with E-state index in [1.54, 1.807) is 30.3 Å². The lowest BCUT2D eigenvalue weighted by molar-refractivity contribution is -0.166. The molecule has 0 aliphatic carbocycles. The Morgan fingerprint density at radius 1 is 1.19 bits per heavy atom. The van der Waals surface area contributed by atoms with Crippen LogP contribution in [0.3, 0.4) is 0 Å². The van der Waals surface area contributed by atoms with Gasteiger partial charge in [0.2, 0.25) is 5.78 Å². The molecule has 0 saturated carbocycles. The Labute approximate surface area is 90.1 Å². The SMILES string of the molecule is O=C(CCc1ccccc1)C(F)(F)C(F)F. The van der Waals surface area contributed by atoms with Gasteiger partial charge in [-0.05, 0) is 12.0 Å². The molecule has 0 N–H and O–H groups in total. The van der Waals surface area contributed by atoms with Crippen LogP contribution in [0.2, 0.25) is 0 Å². The third-order valence-electron chi connectivity index (χ3n) is 2.13. The second kappa shape index (κ2) is 5.09. The van der Waals surface area contributed by atoms with Gasteiger partial charge in [0, 0.05) is 6.42 Å². The number of Topliss-reactive ketones (excluding diaryl/α,β-unsaturated/α-hetero) is 1. The summed E-state index contributed by atoms with van der Waals surface area (Å²) < 4.78 is 48.7. The van der Waals surface area contributed by atoms with E-state index < -0.39 is 24.6 Å². The van der Waals surface area contributed by atoms with Crippen LogP contribution in [0.1, 0.15) is 12.0 Å². The summed E-state index contributed by atoms with van der Waals surface area (Å²) in [5.74, 6) is -6.25. The molecule has 0 fully saturated rings. The number of aryl methyl sites for hydroxylation is 1. The van der Waals surface area contributed by atoms with Gasteiger partial charge < -0.3 is 0 Å². The van der Waals surface area contributed by atoms with E-state index in [2.05, 4.69) is 0 Å². The highest BCUT2D eigenvalue weighted by molar-refractivity contribution is 5.86. The molecule has 0 aliphatic heterocycles. The molecule has 88 valence electrons. The fourth-order valence-corrected chi connectivity index (χ4v) is 1.19. The van der Waals surface area contributed by atoms with Gasteiger partial charge in [0.25, 0.3) is 0 Å². The van der Waals surface area contributed by atoms with Crippen LogP contribution >= 0.6 is 0 Å². The predicted octanol–water partition coefficient (Wildman–Crippen LogP) is 3.09. The van der Waals surface area contributed by atoms with Gasteiger partial charge in [0.1, 0.15) is 0 Å². The van der Waals surface area contributed by atoms with Crippen LogP contribution < -0.4 is 0 Å². The van der Waals surface area contributed by atoms with Crippen molar-refractivity contribution in [3.63, 3.8) is 0 Å². The Balaban J connectivity index is 2.54. The van der Waals surface area contributed by atoms with Crippen molar-refractivity contribution >= 4 is 5.78 Å². The summed E-state index contributed by atoms with van der Waals surface area (Å²) in [6, 6.07) is 8.40. The molecule has 1 rings (SSSR count). The van der Waals surface area contributed by atoms with E-state index in [0.29, 0.717) is 5.56 Å². The first-order chi connectivity index (χ1) is 7.44. The predicted molar refractivity (Wildman–Crippen MR) is 50.7 cm³/mol. The van der Waals surface area contributed by atoms with E-state index in [4.69, 9.17) is 0 Å². The Hall–Kier alpha value is -1.39. The van der Waals surface area contributed by atoms with E-state index in [-0.39, 0.29) is 6.42 Å². The van der Waals surface area contributed by atoms with Crippen LogP contribution in [0.25, 0.3) is 0 Å². The van der Waals surface area contributed by atoms with Crippen molar-refractivity contribution in [3.05, 3.63) is 35.9 Å². The van der Waals surface area contributed by atoms with E-state index in [1.807, 2.05) is 0 Å². The number of ketones is 1. The molecule has 1 nitrogen and oxygen atoms in total. The van der Waals surface area contributed by atoms with Gasteiger partial charge in [-0.15, -0.1) is 0 Å². The Morgan fingerprint density at radius 2 is 1.75 bits per heavy atom. The van der Waals surface area contributed by atoms with Crippen molar-refractivity contribution in [1.82, 2.24) is 0 Å². The number of carbonyl (C=O) groups excluding carboxylic acids is 1. The van der Waals surface area contributed by atoms with E-state index in [0.717, 1.165) is 0 Å². The Bertz CT molecular complexity index is 348. The molecule has 0 spiro atoms. The fraction of sp³-hybridized carbons (Fsp3) is 0.364. The molecule has 0 saturated heterocycles. The van der Waals surface area contributed by atoms with E-state index >= 15 is 0 Å². The van der Waals surface area contributed by atoms with Crippen molar-refractivity contribution in [2.24, 2.45) is 0 Å². The highest BCUT2D eigenvalue weighted by atomic mass is 19.3. The van der Waals surface area contributed by atoms with Gasteiger partial charge >= 0.3 is 12.3 Å². The normalized spacial score (nSPS) is 11.8. The van der Waals surface area contributed by atoms with Crippen molar-refractivity contribution in [3.8, 4) is 0 Å². The molecule has 1 aromatic carbocycles. The molecule has 0 atom stereocenters. The van der Waals surface area contributed by atoms with Crippen LogP contribution in [0.15, 0.2) is 30.3 Å². The largest absolute Gasteiger partial charge is 0.364 e. The molecule has 1 aromatic rings. The van der Waals surface area contributed by atoms with Crippen LogP contribution in [0.5, 0.6) is 0 Å². The van der Waals surface area contributed by atoms with Gasteiger partial charge in [-0.3, -0.25) is 4.79 Å². The fourth-order valence-electron chi connectivity index (χ4n) is 1.19. The first-order valence-electron chi connectivity index (χ1n) is 4.67. The summed E-state index contributed by atoms with van der Waals surface area (Å²) in [6.45, 7) is 0. The van der Waals surface area contributed by atoms with Gasteiger partial charge in [-0.2, -0.15) is 8.78 Å². The van der Waals surface area contributed by atoms with Gasteiger partial charge in [0.15, 0.2) is 0 Å². The minimum Gasteiger partial charge on any atom is -0.293 e. The zero-order chi connectivity index (χ0) is 12.2. The summed E-state index contributed by atoms with van der Waals surface area (Å²) in [5, 5.41) is 0. The molecular formula is C11H10F4O. The molecule has 0 heterocycles. The number of carbonyl (C=O) groups is 1. The third kappa shape index (κ3) is 3.05. The first kappa shape index (κ1) is 12.7. The summed E-state index contributed by atoms with van der Waals surface area (Å²) >= 11 is 0. The standard InChI is InChI=1S/C11H10F4O/c12-10(13)11(14,15)9(16)7-6-8-4-2-1-3-5-8/h1-5,10H,6-7H2. The molecule has 16 heavy (non-hydrogen) atoms. The smallest absolute Gasteiger partial charge is 0.293 e. The minimum absolute atomic E-state index is 0.0436. The molecule has 0 unspecified atom stereocenters. The van der Waals surface area contributed by atoms with Crippen molar-refractivity contribution in [2.45, 2.75) is 25.2 Å². The summed E-state index contributed by atoms with van der Waals surface area (Å²) in [5.41, 5.74) is 0.668. The molecule has 0 amide bonds. The van der Waals surface area contributed by atoms with Crippen LogP contribution in [0, 0.1) is 0 Å². The lowest BCUT2D eigenvalue weighted by Crippen LogP contribution is -2.36. The maximum Gasteiger partial charge on any atom is 0.364 e. The number of benzene rings is 1. The van der Waals surface area contributed by atoms with Crippen LogP contribution in [0.4, 0.5) is 17.6 Å². The molecule has 0 aliphatic rings. The monoisotopic (exact) mass is 234 g/mol.